The summed E-state index contributed by atoms with van der Waals surface area (Å²) in [5.74, 6) is -0.886. The standard InChI is InChI=1S/C14H12ClN3O2/c1-9(19)18(12-4-2-3-11(16)7-12)14(20)10-5-6-13(15)17-8-10/h2-8H,16H2,1H3. The number of pyridine rings is 1. The summed E-state index contributed by atoms with van der Waals surface area (Å²) in [5.41, 5.74) is 6.83. The van der Waals surface area contributed by atoms with E-state index < -0.39 is 11.8 Å². The van der Waals surface area contributed by atoms with E-state index in [0.717, 1.165) is 4.90 Å². The fourth-order valence-electron chi connectivity index (χ4n) is 1.74. The molecule has 0 atom stereocenters. The Morgan fingerprint density at radius 2 is 2.00 bits per heavy atom. The quantitative estimate of drug-likeness (QED) is 0.681. The number of hydrogen-bond donors (Lipinski definition) is 1. The van der Waals surface area contributed by atoms with Gasteiger partial charge in [0, 0.05) is 18.8 Å². The first-order chi connectivity index (χ1) is 9.49. The highest BCUT2D eigenvalue weighted by Gasteiger charge is 2.22. The van der Waals surface area contributed by atoms with Crippen molar-refractivity contribution in [2.45, 2.75) is 6.92 Å². The molecule has 1 aromatic heterocycles. The number of aromatic nitrogens is 1. The Morgan fingerprint density at radius 3 is 2.55 bits per heavy atom. The lowest BCUT2D eigenvalue weighted by Gasteiger charge is -2.19. The predicted molar refractivity (Wildman–Crippen MR) is 77.6 cm³/mol. The molecule has 0 aliphatic heterocycles. The van der Waals surface area contributed by atoms with Crippen molar-refractivity contribution in [3.8, 4) is 0 Å². The molecule has 2 aromatic rings. The monoisotopic (exact) mass is 289 g/mol. The van der Waals surface area contributed by atoms with E-state index in [1.54, 1.807) is 24.3 Å². The molecule has 0 bridgehead atoms. The molecule has 2 N–H and O–H groups in total. The highest BCUT2D eigenvalue weighted by atomic mass is 35.5. The molecule has 0 saturated carbocycles. The maximum absolute atomic E-state index is 12.4. The van der Waals surface area contributed by atoms with Crippen LogP contribution in [-0.4, -0.2) is 16.8 Å². The highest BCUT2D eigenvalue weighted by Crippen LogP contribution is 2.20. The SMILES string of the molecule is CC(=O)N(C(=O)c1ccc(Cl)nc1)c1cccc(N)c1. The van der Waals surface area contributed by atoms with Crippen molar-refractivity contribution in [1.29, 1.82) is 0 Å². The highest BCUT2D eigenvalue weighted by molar-refractivity contribution is 6.29. The summed E-state index contributed by atoms with van der Waals surface area (Å²) in [6.45, 7) is 1.31. The lowest BCUT2D eigenvalue weighted by Crippen LogP contribution is -2.35. The fraction of sp³-hybridized carbons (Fsp3) is 0.0714. The van der Waals surface area contributed by atoms with Gasteiger partial charge in [0.25, 0.3) is 5.91 Å². The van der Waals surface area contributed by atoms with Crippen LogP contribution >= 0.6 is 11.6 Å². The molecule has 6 heteroatoms. The second-order valence-electron chi connectivity index (χ2n) is 4.12. The van der Waals surface area contributed by atoms with E-state index in [0.29, 0.717) is 11.4 Å². The van der Waals surface area contributed by atoms with Crippen molar-refractivity contribution in [3.05, 3.63) is 53.3 Å². The largest absolute Gasteiger partial charge is 0.399 e. The van der Waals surface area contributed by atoms with E-state index in [-0.39, 0.29) is 10.7 Å². The Morgan fingerprint density at radius 1 is 1.25 bits per heavy atom. The van der Waals surface area contributed by atoms with E-state index in [1.165, 1.54) is 25.3 Å². The van der Waals surface area contributed by atoms with Gasteiger partial charge in [0.15, 0.2) is 0 Å². The Kier molecular flexibility index (Phi) is 4.00. The van der Waals surface area contributed by atoms with Crippen molar-refractivity contribution in [2.24, 2.45) is 0 Å². The van der Waals surface area contributed by atoms with Crippen molar-refractivity contribution < 1.29 is 9.59 Å². The first-order valence-corrected chi connectivity index (χ1v) is 6.19. The van der Waals surface area contributed by atoms with Gasteiger partial charge in [-0.3, -0.25) is 9.59 Å². The maximum atomic E-state index is 12.4. The molecule has 0 saturated heterocycles. The molecule has 102 valence electrons. The molecule has 2 amide bonds. The molecule has 5 nitrogen and oxygen atoms in total. The van der Waals surface area contributed by atoms with Crippen LogP contribution in [0.25, 0.3) is 0 Å². The lowest BCUT2D eigenvalue weighted by molar-refractivity contribution is -0.115. The minimum atomic E-state index is -0.479. The molecule has 0 unspecified atom stereocenters. The second kappa shape index (κ2) is 5.71. The lowest BCUT2D eigenvalue weighted by atomic mass is 10.2. The topological polar surface area (TPSA) is 76.3 Å². The van der Waals surface area contributed by atoms with Gasteiger partial charge in [-0.1, -0.05) is 17.7 Å². The summed E-state index contributed by atoms with van der Waals surface area (Å²) < 4.78 is 0. The van der Waals surface area contributed by atoms with Gasteiger partial charge in [-0.15, -0.1) is 0 Å². The van der Waals surface area contributed by atoms with Crippen LogP contribution in [0.1, 0.15) is 17.3 Å². The zero-order valence-electron chi connectivity index (χ0n) is 10.7. The first-order valence-electron chi connectivity index (χ1n) is 5.81. The summed E-state index contributed by atoms with van der Waals surface area (Å²) in [5, 5.41) is 0.278. The number of nitrogens with zero attached hydrogens (tertiary/aromatic N) is 2. The summed E-state index contributed by atoms with van der Waals surface area (Å²) in [4.78, 5) is 29.0. The number of carbonyl (C=O) groups excluding carboxylic acids is 2. The van der Waals surface area contributed by atoms with Crippen molar-refractivity contribution >= 4 is 34.8 Å². The average Bonchev–Trinajstić information content (AvgIpc) is 2.39. The van der Waals surface area contributed by atoms with Crippen LogP contribution in [0.4, 0.5) is 11.4 Å². The van der Waals surface area contributed by atoms with Gasteiger partial charge in [-0.25, -0.2) is 9.88 Å². The molecule has 2 rings (SSSR count). The fourth-order valence-corrected chi connectivity index (χ4v) is 1.85. The van der Waals surface area contributed by atoms with Crippen LogP contribution in [0.2, 0.25) is 5.15 Å². The number of rotatable bonds is 2. The summed E-state index contributed by atoms with van der Waals surface area (Å²) in [6.07, 6.45) is 1.33. The summed E-state index contributed by atoms with van der Waals surface area (Å²) in [6, 6.07) is 9.55. The third-order valence-corrected chi connectivity index (χ3v) is 2.84. The van der Waals surface area contributed by atoms with Crippen LogP contribution in [0.3, 0.4) is 0 Å². The summed E-state index contributed by atoms with van der Waals surface area (Å²) >= 11 is 5.68. The third-order valence-electron chi connectivity index (χ3n) is 2.62. The van der Waals surface area contributed by atoms with Gasteiger partial charge in [-0.2, -0.15) is 0 Å². The number of nitrogens with two attached hydrogens (primary N) is 1. The molecule has 0 radical (unpaired) electrons. The molecule has 20 heavy (non-hydrogen) atoms. The minimum Gasteiger partial charge on any atom is -0.399 e. The van der Waals surface area contributed by atoms with Crippen molar-refractivity contribution in [2.75, 3.05) is 10.6 Å². The number of carbonyl (C=O) groups is 2. The van der Waals surface area contributed by atoms with E-state index in [2.05, 4.69) is 4.98 Å². The number of benzene rings is 1. The first kappa shape index (κ1) is 14.0. The van der Waals surface area contributed by atoms with Gasteiger partial charge in [-0.05, 0) is 30.3 Å². The summed E-state index contributed by atoms with van der Waals surface area (Å²) in [7, 11) is 0. The predicted octanol–water partition coefficient (Wildman–Crippen LogP) is 2.51. The van der Waals surface area contributed by atoms with Crippen LogP contribution in [-0.2, 0) is 4.79 Å². The number of nitrogen functional groups attached to an aromatic ring is 1. The Hall–Kier alpha value is -2.40. The normalized spacial score (nSPS) is 10.1. The molecule has 1 heterocycles. The van der Waals surface area contributed by atoms with E-state index >= 15 is 0 Å². The zero-order valence-corrected chi connectivity index (χ0v) is 11.5. The van der Waals surface area contributed by atoms with E-state index in [9.17, 15) is 9.59 Å². The Bertz CT molecular complexity index is 656. The number of amides is 2. The van der Waals surface area contributed by atoms with Crippen molar-refractivity contribution in [1.82, 2.24) is 4.98 Å². The van der Waals surface area contributed by atoms with Gasteiger partial charge in [0.1, 0.15) is 5.15 Å². The van der Waals surface area contributed by atoms with Gasteiger partial charge in [0.2, 0.25) is 5.91 Å². The molecular weight excluding hydrogens is 278 g/mol. The molecule has 0 spiro atoms. The number of imide groups is 1. The molecule has 0 aliphatic carbocycles. The van der Waals surface area contributed by atoms with Crippen LogP contribution in [0.5, 0.6) is 0 Å². The van der Waals surface area contributed by atoms with Crippen LogP contribution < -0.4 is 10.6 Å². The van der Waals surface area contributed by atoms with Crippen molar-refractivity contribution in [3.63, 3.8) is 0 Å². The minimum absolute atomic E-state index is 0.270. The number of anilines is 2. The Balaban J connectivity index is 2.41. The third kappa shape index (κ3) is 2.95. The molecule has 1 aromatic carbocycles. The van der Waals surface area contributed by atoms with E-state index in [1.807, 2.05) is 0 Å². The number of hydrogen-bond acceptors (Lipinski definition) is 4. The number of halogens is 1. The molecule has 0 aliphatic rings. The zero-order chi connectivity index (χ0) is 14.7. The van der Waals surface area contributed by atoms with Gasteiger partial charge < -0.3 is 5.73 Å². The maximum Gasteiger partial charge on any atom is 0.266 e. The Labute approximate surface area is 121 Å². The van der Waals surface area contributed by atoms with E-state index in [4.69, 9.17) is 17.3 Å². The van der Waals surface area contributed by atoms with Gasteiger partial charge in [0.05, 0.1) is 11.3 Å². The van der Waals surface area contributed by atoms with Crippen LogP contribution in [0, 0.1) is 0 Å². The van der Waals surface area contributed by atoms with Crippen LogP contribution in [0.15, 0.2) is 42.6 Å². The molecular formula is C14H12ClN3O2. The molecule has 0 fully saturated rings. The van der Waals surface area contributed by atoms with Gasteiger partial charge >= 0.3 is 0 Å². The second-order valence-corrected chi connectivity index (χ2v) is 4.51. The smallest absolute Gasteiger partial charge is 0.266 e. The average molecular weight is 290 g/mol.